The molecule has 0 unspecified atom stereocenters. The van der Waals surface area contributed by atoms with Gasteiger partial charge in [-0.2, -0.15) is 0 Å². The van der Waals surface area contributed by atoms with Crippen molar-refractivity contribution in [2.45, 2.75) is 63.5 Å². The molecule has 2 heterocycles. The number of nitrogens with one attached hydrogen (secondary N) is 1. The highest BCUT2D eigenvalue weighted by atomic mass is 16.3. The molecular weight excluding hydrogens is 390 g/mol. The van der Waals surface area contributed by atoms with Gasteiger partial charge in [-0.3, -0.25) is 4.79 Å². The van der Waals surface area contributed by atoms with Crippen LogP contribution in [0.3, 0.4) is 0 Å². The van der Waals surface area contributed by atoms with Gasteiger partial charge in [-0.25, -0.2) is 4.79 Å². The highest BCUT2D eigenvalue weighted by Gasteiger charge is 2.54. The second-order valence-electron chi connectivity index (χ2n) is 9.03. The molecule has 3 fully saturated rings. The summed E-state index contributed by atoms with van der Waals surface area (Å²) in [6, 6.07) is 7.68. The largest absolute Gasteiger partial charge is 0.394 e. The fraction of sp³-hybridized carbons (Fsp3) is 0.600. The minimum Gasteiger partial charge on any atom is -0.394 e. The Labute approximate surface area is 185 Å². The third kappa shape index (κ3) is 4.57. The fourth-order valence-corrected chi connectivity index (χ4v) is 5.30. The van der Waals surface area contributed by atoms with E-state index in [0.29, 0.717) is 13.1 Å². The lowest BCUT2D eigenvalue weighted by atomic mass is 9.73. The minimum absolute atomic E-state index is 0.0243. The first-order valence-corrected chi connectivity index (χ1v) is 11.7. The molecule has 4 rings (SSSR count). The first-order chi connectivity index (χ1) is 15.1. The van der Waals surface area contributed by atoms with Crippen LogP contribution in [-0.4, -0.2) is 65.2 Å². The van der Waals surface area contributed by atoms with Gasteiger partial charge in [-0.05, 0) is 42.9 Å². The van der Waals surface area contributed by atoms with Gasteiger partial charge < -0.3 is 20.2 Å². The molecule has 1 aromatic rings. The zero-order valence-corrected chi connectivity index (χ0v) is 18.3. The first kappa shape index (κ1) is 21.7. The molecule has 3 atom stereocenters. The summed E-state index contributed by atoms with van der Waals surface area (Å²) in [5.74, 6) is 7.31. The minimum atomic E-state index is -0.224. The van der Waals surface area contributed by atoms with E-state index in [0.717, 1.165) is 29.9 Å². The number of benzene rings is 1. The molecule has 2 saturated heterocycles. The first-order valence-electron chi connectivity index (χ1n) is 11.7. The van der Waals surface area contributed by atoms with E-state index >= 15 is 0 Å². The average Bonchev–Trinajstić information content (AvgIpc) is 3.28. The van der Waals surface area contributed by atoms with Gasteiger partial charge in [0, 0.05) is 31.0 Å². The molecule has 1 aromatic carbocycles. The molecule has 6 heteroatoms. The van der Waals surface area contributed by atoms with Gasteiger partial charge in [0.25, 0.3) is 0 Å². The lowest BCUT2D eigenvalue weighted by Gasteiger charge is -2.58. The number of urea groups is 1. The number of hydrogen-bond acceptors (Lipinski definition) is 3. The summed E-state index contributed by atoms with van der Waals surface area (Å²) in [6.07, 6.45) is 7.13. The van der Waals surface area contributed by atoms with Crippen LogP contribution in [0.25, 0.3) is 0 Å². The third-order valence-electron chi connectivity index (χ3n) is 6.96. The molecule has 0 radical (unpaired) electrons. The average molecular weight is 424 g/mol. The van der Waals surface area contributed by atoms with Crippen LogP contribution in [0.15, 0.2) is 24.3 Å². The number of aliphatic hydroxyl groups is 1. The third-order valence-corrected chi connectivity index (χ3v) is 6.96. The van der Waals surface area contributed by atoms with Gasteiger partial charge in [-0.15, -0.1) is 0 Å². The Morgan fingerprint density at radius 3 is 2.65 bits per heavy atom. The van der Waals surface area contributed by atoms with Crippen LogP contribution in [0.2, 0.25) is 0 Å². The summed E-state index contributed by atoms with van der Waals surface area (Å²) in [7, 11) is 0. The summed E-state index contributed by atoms with van der Waals surface area (Å²) < 4.78 is 0. The molecule has 166 valence electrons. The van der Waals surface area contributed by atoms with Crippen molar-refractivity contribution in [3.05, 3.63) is 35.4 Å². The van der Waals surface area contributed by atoms with E-state index in [9.17, 15) is 14.7 Å². The Hall–Kier alpha value is -2.52. The van der Waals surface area contributed by atoms with Crippen LogP contribution >= 0.6 is 0 Å². The van der Waals surface area contributed by atoms with Crippen molar-refractivity contribution >= 4 is 11.9 Å². The maximum absolute atomic E-state index is 12.6. The van der Waals surface area contributed by atoms with Gasteiger partial charge in [0.1, 0.15) is 6.54 Å². The molecule has 1 aliphatic carbocycles. The Morgan fingerprint density at radius 1 is 1.23 bits per heavy atom. The lowest BCUT2D eigenvalue weighted by Crippen LogP contribution is -2.73. The Balaban J connectivity index is 1.43. The number of carbonyl (C=O) groups is 2. The van der Waals surface area contributed by atoms with Crippen molar-refractivity contribution in [1.82, 2.24) is 15.1 Å². The van der Waals surface area contributed by atoms with Crippen LogP contribution in [0.4, 0.5) is 4.79 Å². The summed E-state index contributed by atoms with van der Waals surface area (Å²) in [6.45, 7) is 3.10. The summed E-state index contributed by atoms with van der Waals surface area (Å²) >= 11 is 0. The van der Waals surface area contributed by atoms with Gasteiger partial charge in [0.2, 0.25) is 5.91 Å². The van der Waals surface area contributed by atoms with Crippen LogP contribution in [0.1, 0.15) is 62.5 Å². The van der Waals surface area contributed by atoms with Crippen molar-refractivity contribution in [1.29, 1.82) is 0 Å². The summed E-state index contributed by atoms with van der Waals surface area (Å²) in [5.41, 5.74) is 2.09. The van der Waals surface area contributed by atoms with Crippen LogP contribution in [-0.2, 0) is 4.79 Å². The predicted octanol–water partition coefficient (Wildman–Crippen LogP) is 2.71. The number of hydrogen-bond donors (Lipinski definition) is 2. The van der Waals surface area contributed by atoms with E-state index in [1.54, 1.807) is 9.80 Å². The van der Waals surface area contributed by atoms with Crippen molar-refractivity contribution in [2.75, 3.05) is 26.2 Å². The predicted molar refractivity (Wildman–Crippen MR) is 119 cm³/mol. The van der Waals surface area contributed by atoms with E-state index < -0.39 is 0 Å². The molecule has 0 spiro atoms. The Kier molecular flexibility index (Phi) is 6.82. The SMILES string of the molecule is CCCNC(=O)N1CC(=O)N2[C@H](C1)[C@H](c1ccc(C#CCC3CCCC3)cc1)[C@@H]2CO. The number of fused-ring (bicyclic) bond motifs is 1. The standard InChI is InChI=1S/C25H33N3O3/c1-2-14-26-25(31)27-15-21-24(22(17-29)28(21)23(30)16-27)20-12-10-19(11-13-20)9-5-8-18-6-3-4-7-18/h10-13,18,21-22,24,29H,2-4,6-8,14-17H2,1H3,(H,26,31)/t21-,22+,24+/m1/s1. The summed E-state index contributed by atoms with van der Waals surface area (Å²) in [5, 5.41) is 12.8. The highest BCUT2D eigenvalue weighted by molar-refractivity contribution is 5.87. The van der Waals surface area contributed by atoms with E-state index in [4.69, 9.17) is 0 Å². The monoisotopic (exact) mass is 423 g/mol. The summed E-state index contributed by atoms with van der Waals surface area (Å²) in [4.78, 5) is 28.4. The lowest BCUT2D eigenvalue weighted by molar-refractivity contribution is -0.159. The fourth-order valence-electron chi connectivity index (χ4n) is 5.30. The van der Waals surface area contributed by atoms with Crippen molar-refractivity contribution in [2.24, 2.45) is 5.92 Å². The second kappa shape index (κ2) is 9.74. The van der Waals surface area contributed by atoms with E-state index in [2.05, 4.69) is 29.3 Å². The molecule has 0 bridgehead atoms. The number of aliphatic hydroxyl groups excluding tert-OH is 1. The molecule has 2 aliphatic heterocycles. The molecule has 31 heavy (non-hydrogen) atoms. The van der Waals surface area contributed by atoms with Gasteiger partial charge in [0.05, 0.1) is 18.7 Å². The topological polar surface area (TPSA) is 72.9 Å². The smallest absolute Gasteiger partial charge is 0.317 e. The van der Waals surface area contributed by atoms with Crippen LogP contribution in [0, 0.1) is 17.8 Å². The zero-order chi connectivity index (χ0) is 21.8. The molecule has 2 N–H and O–H groups in total. The van der Waals surface area contributed by atoms with Gasteiger partial charge in [0.15, 0.2) is 0 Å². The number of nitrogens with zero attached hydrogens (tertiary/aromatic N) is 2. The molecule has 0 aromatic heterocycles. The quantitative estimate of drug-likeness (QED) is 0.716. The second-order valence-corrected chi connectivity index (χ2v) is 9.03. The van der Waals surface area contributed by atoms with Crippen molar-refractivity contribution in [3.63, 3.8) is 0 Å². The molecule has 6 nitrogen and oxygen atoms in total. The molecular formula is C25H33N3O3. The van der Waals surface area contributed by atoms with Gasteiger partial charge >= 0.3 is 6.03 Å². The van der Waals surface area contributed by atoms with Gasteiger partial charge in [-0.1, -0.05) is 43.7 Å². The molecule has 3 aliphatic rings. The van der Waals surface area contributed by atoms with E-state index in [1.807, 2.05) is 19.1 Å². The molecule has 3 amide bonds. The highest BCUT2D eigenvalue weighted by Crippen LogP contribution is 2.42. The normalized spacial score (nSPS) is 25.5. The zero-order valence-electron chi connectivity index (χ0n) is 18.3. The van der Waals surface area contributed by atoms with E-state index in [1.165, 1.54) is 25.7 Å². The maximum Gasteiger partial charge on any atom is 0.317 e. The van der Waals surface area contributed by atoms with E-state index in [-0.39, 0.29) is 43.1 Å². The number of amides is 3. The Bertz CT molecular complexity index is 851. The van der Waals surface area contributed by atoms with Crippen LogP contribution < -0.4 is 5.32 Å². The van der Waals surface area contributed by atoms with Crippen molar-refractivity contribution < 1.29 is 14.7 Å². The number of carbonyl (C=O) groups excluding carboxylic acids is 2. The number of rotatable bonds is 5. The Morgan fingerprint density at radius 2 is 1.97 bits per heavy atom. The maximum atomic E-state index is 12.6. The molecule has 1 saturated carbocycles. The number of piperazine rings is 1. The van der Waals surface area contributed by atoms with Crippen molar-refractivity contribution in [3.8, 4) is 11.8 Å². The van der Waals surface area contributed by atoms with Crippen LogP contribution in [0.5, 0.6) is 0 Å².